The first-order valence-corrected chi connectivity index (χ1v) is 7.56. The first-order chi connectivity index (χ1) is 9.87. The van der Waals surface area contributed by atoms with E-state index in [1.807, 2.05) is 0 Å². The Kier molecular flexibility index (Phi) is 3.64. The third-order valence-corrected chi connectivity index (χ3v) is 4.85. The van der Waals surface area contributed by atoms with Gasteiger partial charge in [-0.1, -0.05) is 0 Å². The summed E-state index contributed by atoms with van der Waals surface area (Å²) in [5.41, 5.74) is -0.212. The van der Waals surface area contributed by atoms with Crippen LogP contribution in [0.25, 0.3) is 0 Å². The highest BCUT2D eigenvalue weighted by Gasteiger charge is 2.42. The van der Waals surface area contributed by atoms with Crippen molar-refractivity contribution in [3.63, 3.8) is 0 Å². The third-order valence-electron chi connectivity index (χ3n) is 3.22. The van der Waals surface area contributed by atoms with Crippen molar-refractivity contribution in [2.45, 2.75) is 17.7 Å². The number of sulfone groups is 1. The Bertz CT molecular complexity index is 727. The molecule has 0 radical (unpaired) electrons. The van der Waals surface area contributed by atoms with E-state index in [-0.39, 0.29) is 11.5 Å². The molecule has 22 heavy (non-hydrogen) atoms. The van der Waals surface area contributed by atoms with Crippen LogP contribution in [0.5, 0.6) is 0 Å². The van der Waals surface area contributed by atoms with Crippen molar-refractivity contribution in [2.24, 2.45) is 7.05 Å². The molecule has 124 valence electrons. The summed E-state index contributed by atoms with van der Waals surface area (Å²) < 4.78 is 61.7. The lowest BCUT2D eigenvalue weighted by molar-refractivity contribution is -0.106. The Balaban J connectivity index is 2.61. The molecule has 1 amide bonds. The van der Waals surface area contributed by atoms with Crippen LogP contribution < -0.4 is 4.90 Å². The molecule has 2 heterocycles. The van der Waals surface area contributed by atoms with E-state index in [0.717, 1.165) is 21.4 Å². The van der Waals surface area contributed by atoms with Gasteiger partial charge in [-0.3, -0.25) is 9.69 Å². The van der Waals surface area contributed by atoms with Gasteiger partial charge in [0.2, 0.25) is 21.3 Å². The molecular weight excluding hydrogens is 329 g/mol. The second kappa shape index (κ2) is 4.84. The smallest absolute Gasteiger partial charge is 0.356 e. The van der Waals surface area contributed by atoms with E-state index >= 15 is 0 Å². The number of alkyl halides is 3. The minimum absolute atomic E-state index is 0.196. The Morgan fingerprint density at radius 3 is 2.27 bits per heavy atom. The number of carbonyl (C=O) groups excluding carboxylic acids is 1. The molecule has 0 fully saturated rings. The minimum atomic E-state index is -4.93. The normalized spacial score (nSPS) is 19.6. The van der Waals surface area contributed by atoms with E-state index in [0.29, 0.717) is 0 Å². The summed E-state index contributed by atoms with van der Waals surface area (Å²) in [6.07, 6.45) is -6.33. The molecule has 0 bridgehead atoms. The largest absolute Gasteiger partial charge is 0.403 e. The van der Waals surface area contributed by atoms with E-state index < -0.39 is 39.2 Å². The summed E-state index contributed by atoms with van der Waals surface area (Å²) in [5, 5.41) is 8.93. The molecule has 1 aliphatic heterocycles. The molecule has 0 spiro atoms. The van der Waals surface area contributed by atoms with Crippen molar-refractivity contribution in [3.05, 3.63) is 5.69 Å². The van der Waals surface area contributed by atoms with E-state index in [4.69, 9.17) is 0 Å². The molecular formula is C10H13F3N4O4S. The number of imidazole rings is 1. The Hall–Kier alpha value is -1.82. The first kappa shape index (κ1) is 16.5. The van der Waals surface area contributed by atoms with Gasteiger partial charge in [0.25, 0.3) is 5.91 Å². The topological polar surface area (TPSA) is 95.7 Å². The lowest BCUT2D eigenvalue weighted by Crippen LogP contribution is -2.52. The van der Waals surface area contributed by atoms with Crippen LogP contribution in [0, 0.1) is 0 Å². The maximum Gasteiger partial charge on any atom is 0.403 e. The van der Waals surface area contributed by atoms with Crippen LogP contribution in [-0.2, 0) is 16.9 Å². The van der Waals surface area contributed by atoms with E-state index in [1.54, 1.807) is 0 Å². The number of aliphatic hydroxyl groups is 1. The van der Waals surface area contributed by atoms with Gasteiger partial charge in [-0.25, -0.2) is 8.42 Å². The van der Waals surface area contributed by atoms with Crippen molar-refractivity contribution < 1.29 is 31.5 Å². The molecule has 12 heteroatoms. The predicted octanol–water partition coefficient (Wildman–Crippen LogP) is -0.446. The minimum Gasteiger partial charge on any atom is -0.356 e. The molecule has 1 aliphatic rings. The maximum atomic E-state index is 12.4. The van der Waals surface area contributed by atoms with Crippen molar-refractivity contribution in [3.8, 4) is 0 Å². The fourth-order valence-corrected chi connectivity index (χ4v) is 3.44. The van der Waals surface area contributed by atoms with E-state index in [1.165, 1.54) is 14.1 Å². The number of hydrogen-bond acceptors (Lipinski definition) is 6. The Labute approximate surface area is 123 Å². The zero-order valence-electron chi connectivity index (χ0n) is 11.8. The second-order valence-electron chi connectivity index (χ2n) is 4.87. The average molecular weight is 342 g/mol. The van der Waals surface area contributed by atoms with Crippen LogP contribution >= 0.6 is 0 Å². The van der Waals surface area contributed by atoms with Gasteiger partial charge in [0.15, 0.2) is 17.3 Å². The first-order valence-electron chi connectivity index (χ1n) is 5.91. The zero-order chi connectivity index (χ0) is 17.0. The summed E-state index contributed by atoms with van der Waals surface area (Å²) in [6.45, 7) is 0. The standard InChI is InChI=1S/C10H13F3N4O4S/c1-15-5-6(16(2)9(19)17(3)7(5)18)14-8(15)22(20,21)4-10(11,12)13/h9,19H,4H2,1-3H3. The SMILES string of the molecule is CN1C(=O)c2c(nc(S(=O)(=O)CC(F)(F)F)n2C)N(C)C1O. The van der Waals surface area contributed by atoms with Crippen LogP contribution in [0.4, 0.5) is 19.0 Å². The molecule has 1 unspecified atom stereocenters. The maximum absolute atomic E-state index is 12.4. The van der Waals surface area contributed by atoms with E-state index in [9.17, 15) is 31.5 Å². The number of hydrogen-bond donors (Lipinski definition) is 1. The molecule has 2 rings (SSSR count). The van der Waals surface area contributed by atoms with Crippen molar-refractivity contribution in [1.82, 2.24) is 14.5 Å². The third kappa shape index (κ3) is 2.52. The van der Waals surface area contributed by atoms with Gasteiger partial charge in [-0.2, -0.15) is 18.2 Å². The molecule has 1 atom stereocenters. The fraction of sp³-hybridized carbons (Fsp3) is 0.600. The Morgan fingerprint density at radius 2 is 1.77 bits per heavy atom. The van der Waals surface area contributed by atoms with Crippen LogP contribution in [0.3, 0.4) is 0 Å². The van der Waals surface area contributed by atoms with Crippen molar-refractivity contribution in [2.75, 3.05) is 24.7 Å². The highest BCUT2D eigenvalue weighted by Crippen LogP contribution is 2.31. The van der Waals surface area contributed by atoms with Gasteiger partial charge in [-0.05, 0) is 0 Å². The molecule has 0 saturated heterocycles. The number of nitrogens with zero attached hydrogens (tertiary/aromatic N) is 4. The number of aromatic nitrogens is 2. The van der Waals surface area contributed by atoms with Crippen LogP contribution in [0.15, 0.2) is 5.16 Å². The van der Waals surface area contributed by atoms with Gasteiger partial charge in [0.05, 0.1) is 0 Å². The van der Waals surface area contributed by atoms with Crippen molar-refractivity contribution in [1.29, 1.82) is 0 Å². The summed E-state index contributed by atoms with van der Waals surface area (Å²) in [4.78, 5) is 17.7. The molecule has 1 N–H and O–H groups in total. The molecule has 0 aromatic carbocycles. The Morgan fingerprint density at radius 1 is 1.23 bits per heavy atom. The number of aliphatic hydroxyl groups excluding tert-OH is 1. The molecule has 1 aromatic rings. The lowest BCUT2D eigenvalue weighted by Gasteiger charge is -2.35. The van der Waals surface area contributed by atoms with Gasteiger partial charge in [-0.15, -0.1) is 0 Å². The lowest BCUT2D eigenvalue weighted by atomic mass is 10.3. The summed E-state index contributed by atoms with van der Waals surface area (Å²) in [7, 11) is -1.05. The molecule has 0 aliphatic carbocycles. The number of carbonyl (C=O) groups is 1. The molecule has 0 saturated carbocycles. The summed E-state index contributed by atoms with van der Waals surface area (Å²) in [6, 6.07) is 0. The zero-order valence-corrected chi connectivity index (χ0v) is 12.6. The van der Waals surface area contributed by atoms with Crippen LogP contribution in [0.2, 0.25) is 0 Å². The predicted molar refractivity (Wildman–Crippen MR) is 67.8 cm³/mol. The second-order valence-corrected chi connectivity index (χ2v) is 6.76. The number of halogens is 3. The fourth-order valence-electron chi connectivity index (χ4n) is 2.15. The average Bonchev–Trinajstić information content (AvgIpc) is 2.69. The van der Waals surface area contributed by atoms with Crippen LogP contribution in [-0.4, -0.2) is 66.3 Å². The number of anilines is 1. The highest BCUT2D eigenvalue weighted by molar-refractivity contribution is 7.91. The number of rotatable bonds is 2. The molecule has 8 nitrogen and oxygen atoms in total. The van der Waals surface area contributed by atoms with Gasteiger partial charge in [0.1, 0.15) is 0 Å². The van der Waals surface area contributed by atoms with Gasteiger partial charge < -0.3 is 14.6 Å². The van der Waals surface area contributed by atoms with Crippen molar-refractivity contribution >= 4 is 21.6 Å². The quantitative estimate of drug-likeness (QED) is 0.782. The van der Waals surface area contributed by atoms with Crippen LogP contribution in [0.1, 0.15) is 10.5 Å². The summed E-state index contributed by atoms with van der Waals surface area (Å²) >= 11 is 0. The highest BCUT2D eigenvalue weighted by atomic mass is 32.2. The van der Waals surface area contributed by atoms with E-state index in [2.05, 4.69) is 4.98 Å². The summed E-state index contributed by atoms with van der Waals surface area (Å²) in [5.74, 6) is -3.03. The monoisotopic (exact) mass is 342 g/mol. The van der Waals surface area contributed by atoms with Gasteiger partial charge in [0, 0.05) is 21.1 Å². The molecule has 1 aromatic heterocycles. The number of fused-ring (bicyclic) bond motifs is 1. The van der Waals surface area contributed by atoms with Gasteiger partial charge >= 0.3 is 6.18 Å². The number of amides is 1.